The lowest BCUT2D eigenvalue weighted by atomic mass is 9.98. The zero-order valence-corrected chi connectivity index (χ0v) is 24.2. The summed E-state index contributed by atoms with van der Waals surface area (Å²) in [7, 11) is -0.683. The van der Waals surface area contributed by atoms with Crippen LogP contribution in [0.15, 0.2) is 89.3 Å². The van der Waals surface area contributed by atoms with Crippen molar-refractivity contribution in [2.75, 3.05) is 24.7 Å². The number of aromatic nitrogens is 2. The topological polar surface area (TPSA) is 97.4 Å². The van der Waals surface area contributed by atoms with E-state index in [9.17, 15) is 17.6 Å². The molecule has 0 aliphatic carbocycles. The second-order valence-corrected chi connectivity index (χ2v) is 12.0. The number of amides is 1. The molecule has 1 N–H and O–H groups in total. The molecule has 2 aromatic heterocycles. The van der Waals surface area contributed by atoms with Gasteiger partial charge in [-0.1, -0.05) is 24.3 Å². The Bertz CT molecular complexity index is 2100. The highest BCUT2D eigenvalue weighted by Crippen LogP contribution is 2.42. The van der Waals surface area contributed by atoms with Gasteiger partial charge in [-0.25, -0.2) is 17.8 Å². The number of furan rings is 1. The van der Waals surface area contributed by atoms with Crippen LogP contribution in [0.2, 0.25) is 0 Å². The number of anilines is 1. The number of hydrogen-bond donors (Lipinski definition) is 1. The van der Waals surface area contributed by atoms with Gasteiger partial charge in [0, 0.05) is 42.4 Å². The summed E-state index contributed by atoms with van der Waals surface area (Å²) in [6, 6.07) is 24.6. The maximum absolute atomic E-state index is 13.7. The molecule has 42 heavy (non-hydrogen) atoms. The van der Waals surface area contributed by atoms with E-state index in [0.29, 0.717) is 27.8 Å². The van der Waals surface area contributed by atoms with Crippen LogP contribution in [0.5, 0.6) is 0 Å². The van der Waals surface area contributed by atoms with Gasteiger partial charge in [-0.2, -0.15) is 0 Å². The molecule has 212 valence electrons. The SMILES string of the molecule is CNC(=O)c1c(-c2ccc(F)cc2)oc2cc(N(C)S(C)(=O)=O)c(-c3ccc4nc(C)n(-c5ccccc5)c4c3)cc12. The summed E-state index contributed by atoms with van der Waals surface area (Å²) in [4.78, 5) is 17.9. The maximum Gasteiger partial charge on any atom is 0.255 e. The van der Waals surface area contributed by atoms with Crippen LogP contribution >= 0.6 is 0 Å². The Kier molecular flexibility index (Phi) is 6.58. The maximum atomic E-state index is 13.7. The minimum Gasteiger partial charge on any atom is -0.455 e. The molecule has 0 unspecified atom stereocenters. The third-order valence-corrected chi connectivity index (χ3v) is 8.54. The summed E-state index contributed by atoms with van der Waals surface area (Å²) in [5, 5.41) is 3.15. The van der Waals surface area contributed by atoms with Gasteiger partial charge in [0.25, 0.3) is 5.91 Å². The molecule has 6 rings (SSSR count). The lowest BCUT2D eigenvalue weighted by molar-refractivity contribution is 0.0964. The molecule has 1 amide bonds. The van der Waals surface area contributed by atoms with Gasteiger partial charge in [0.1, 0.15) is 23.0 Å². The van der Waals surface area contributed by atoms with Gasteiger partial charge in [0.05, 0.1) is 28.5 Å². The predicted molar refractivity (Wildman–Crippen MR) is 163 cm³/mol. The van der Waals surface area contributed by atoms with Crippen molar-refractivity contribution in [2.24, 2.45) is 0 Å². The smallest absolute Gasteiger partial charge is 0.255 e. The van der Waals surface area contributed by atoms with E-state index in [2.05, 4.69) is 5.32 Å². The molecule has 0 fully saturated rings. The molecule has 4 aromatic carbocycles. The van der Waals surface area contributed by atoms with E-state index in [-0.39, 0.29) is 11.3 Å². The van der Waals surface area contributed by atoms with Crippen molar-refractivity contribution in [1.82, 2.24) is 14.9 Å². The fraction of sp³-hybridized carbons (Fsp3) is 0.125. The van der Waals surface area contributed by atoms with Crippen molar-refractivity contribution < 1.29 is 22.0 Å². The highest BCUT2D eigenvalue weighted by molar-refractivity contribution is 7.92. The molecule has 6 aromatic rings. The van der Waals surface area contributed by atoms with E-state index in [1.54, 1.807) is 12.1 Å². The zero-order valence-electron chi connectivity index (χ0n) is 23.3. The summed E-state index contributed by atoms with van der Waals surface area (Å²) in [5.41, 5.74) is 5.32. The van der Waals surface area contributed by atoms with E-state index in [0.717, 1.165) is 34.4 Å². The van der Waals surface area contributed by atoms with E-state index >= 15 is 0 Å². The molecule has 0 spiro atoms. The standard InChI is InChI=1S/C32H27FN4O4S/c1-19-35-26-15-12-21(16-28(26)37(19)23-8-6-5-7-9-23)24-17-25-29(18-27(24)36(3)42(4,39)40)41-31(30(25)32(38)34-2)20-10-13-22(33)14-11-20/h5-18H,1-4H3,(H,34,38). The van der Waals surface area contributed by atoms with Gasteiger partial charge < -0.3 is 9.73 Å². The fourth-order valence-electron chi connectivity index (χ4n) is 5.22. The molecule has 0 radical (unpaired) electrons. The number of sulfonamides is 1. The molecular weight excluding hydrogens is 555 g/mol. The molecule has 0 saturated carbocycles. The number of rotatable bonds is 6. The van der Waals surface area contributed by atoms with Crippen LogP contribution in [-0.4, -0.2) is 44.2 Å². The summed E-state index contributed by atoms with van der Waals surface area (Å²) >= 11 is 0. The van der Waals surface area contributed by atoms with Crippen LogP contribution in [0.25, 0.3) is 50.1 Å². The summed E-state index contributed by atoms with van der Waals surface area (Å²) in [5.74, 6) is 0.244. The van der Waals surface area contributed by atoms with Gasteiger partial charge in [-0.3, -0.25) is 13.7 Å². The van der Waals surface area contributed by atoms with Crippen molar-refractivity contribution in [2.45, 2.75) is 6.92 Å². The van der Waals surface area contributed by atoms with Gasteiger partial charge in [-0.15, -0.1) is 0 Å². The van der Waals surface area contributed by atoms with Crippen LogP contribution in [0.3, 0.4) is 0 Å². The Labute approximate surface area is 242 Å². The number of carbonyl (C=O) groups excluding carboxylic acids is 1. The van der Waals surface area contributed by atoms with Gasteiger partial charge in [-0.05, 0) is 67.1 Å². The Morgan fingerprint density at radius 2 is 1.67 bits per heavy atom. The van der Waals surface area contributed by atoms with Crippen molar-refractivity contribution in [3.8, 4) is 28.1 Å². The van der Waals surface area contributed by atoms with Crippen molar-refractivity contribution in [3.63, 3.8) is 0 Å². The Hall–Kier alpha value is -4.96. The number of para-hydroxylation sites is 1. The highest BCUT2D eigenvalue weighted by Gasteiger charge is 2.26. The third kappa shape index (κ3) is 4.59. The van der Waals surface area contributed by atoms with E-state index in [1.165, 1.54) is 42.7 Å². The highest BCUT2D eigenvalue weighted by atomic mass is 32.2. The molecule has 2 heterocycles. The van der Waals surface area contributed by atoms with Crippen LogP contribution in [-0.2, 0) is 10.0 Å². The third-order valence-electron chi connectivity index (χ3n) is 7.35. The predicted octanol–water partition coefficient (Wildman–Crippen LogP) is 6.31. The van der Waals surface area contributed by atoms with Crippen molar-refractivity contribution in [1.29, 1.82) is 0 Å². The second-order valence-electron chi connectivity index (χ2n) is 10.0. The quantitative estimate of drug-likeness (QED) is 0.248. The van der Waals surface area contributed by atoms with Crippen LogP contribution < -0.4 is 9.62 Å². The number of halogens is 1. The number of carbonyl (C=O) groups is 1. The lowest BCUT2D eigenvalue weighted by Gasteiger charge is -2.21. The van der Waals surface area contributed by atoms with Crippen LogP contribution in [0, 0.1) is 12.7 Å². The number of fused-ring (bicyclic) bond motifs is 2. The molecular formula is C32H27FN4O4S. The molecule has 0 atom stereocenters. The van der Waals surface area contributed by atoms with Crippen LogP contribution in [0.1, 0.15) is 16.2 Å². The average molecular weight is 583 g/mol. The Morgan fingerprint density at radius 3 is 2.33 bits per heavy atom. The van der Waals surface area contributed by atoms with Crippen LogP contribution in [0.4, 0.5) is 10.1 Å². The molecule has 0 saturated heterocycles. The summed E-state index contributed by atoms with van der Waals surface area (Å²) < 4.78 is 48.6. The van der Waals surface area contributed by atoms with Crippen molar-refractivity contribution >= 4 is 43.6 Å². The van der Waals surface area contributed by atoms with Gasteiger partial charge >= 0.3 is 0 Å². The summed E-state index contributed by atoms with van der Waals surface area (Å²) in [6.07, 6.45) is 1.13. The van der Waals surface area contributed by atoms with Crippen molar-refractivity contribution in [3.05, 3.63) is 102 Å². The number of aryl methyl sites for hydroxylation is 1. The molecule has 0 bridgehead atoms. The average Bonchev–Trinajstić information content (AvgIpc) is 3.52. The zero-order chi connectivity index (χ0) is 29.8. The first-order valence-corrected chi connectivity index (χ1v) is 15.0. The number of imidazole rings is 1. The monoisotopic (exact) mass is 582 g/mol. The summed E-state index contributed by atoms with van der Waals surface area (Å²) in [6.45, 7) is 1.93. The first-order chi connectivity index (χ1) is 20.1. The minimum absolute atomic E-state index is 0.252. The fourth-order valence-corrected chi connectivity index (χ4v) is 5.73. The minimum atomic E-state index is -3.67. The first-order valence-electron chi connectivity index (χ1n) is 13.1. The van der Waals surface area contributed by atoms with E-state index in [4.69, 9.17) is 9.40 Å². The Balaban J connectivity index is 1.66. The molecule has 0 aliphatic rings. The Morgan fingerprint density at radius 1 is 0.976 bits per heavy atom. The lowest BCUT2D eigenvalue weighted by Crippen LogP contribution is -2.25. The first kappa shape index (κ1) is 27.2. The van der Waals surface area contributed by atoms with Gasteiger partial charge in [0.15, 0.2) is 0 Å². The number of benzene rings is 4. The van der Waals surface area contributed by atoms with E-state index < -0.39 is 21.7 Å². The second kappa shape index (κ2) is 10.1. The number of hydrogen-bond acceptors (Lipinski definition) is 5. The van der Waals surface area contributed by atoms with E-state index in [1.807, 2.05) is 60.0 Å². The largest absolute Gasteiger partial charge is 0.455 e. The number of nitrogens with zero attached hydrogens (tertiary/aromatic N) is 3. The normalized spacial score (nSPS) is 11.7. The molecule has 10 heteroatoms. The number of nitrogens with one attached hydrogen (secondary N) is 1. The molecule has 0 aliphatic heterocycles. The molecule has 8 nitrogen and oxygen atoms in total. The van der Waals surface area contributed by atoms with Gasteiger partial charge in [0.2, 0.25) is 10.0 Å².